The van der Waals surface area contributed by atoms with E-state index in [0.717, 1.165) is 0 Å². The summed E-state index contributed by atoms with van der Waals surface area (Å²) in [6.45, 7) is 0.216. The fraction of sp³-hybridized carbons (Fsp3) is 0.118. The number of rotatable bonds is 8. The number of hydrogen-bond acceptors (Lipinski definition) is 9. The van der Waals surface area contributed by atoms with E-state index in [9.17, 15) is 8.42 Å². The first-order valence-electron chi connectivity index (χ1n) is 8.20. The van der Waals surface area contributed by atoms with Crippen molar-refractivity contribution in [2.45, 2.75) is 4.90 Å². The van der Waals surface area contributed by atoms with E-state index in [-0.39, 0.29) is 18.0 Å². The van der Waals surface area contributed by atoms with E-state index in [1.165, 1.54) is 24.3 Å². The van der Waals surface area contributed by atoms with Crippen molar-refractivity contribution in [1.29, 1.82) is 0 Å². The molecule has 2 heterocycles. The number of hydrazine groups is 1. The molecular weight excluding hydrogens is 384 g/mol. The van der Waals surface area contributed by atoms with Gasteiger partial charge in [-0.05, 0) is 36.4 Å². The first-order valence-corrected chi connectivity index (χ1v) is 9.64. The number of aromatic nitrogens is 3. The molecule has 28 heavy (non-hydrogen) atoms. The van der Waals surface area contributed by atoms with Crippen molar-refractivity contribution < 1.29 is 18.1 Å². The Kier molecular flexibility index (Phi) is 5.99. The lowest BCUT2D eigenvalue weighted by Crippen LogP contribution is -2.14. The Morgan fingerprint density at radius 2 is 1.75 bits per heavy atom. The standard InChI is InChI=1S/C17H18N6O4S/c24-10-9-19-17-20-15(14-3-1-2-8-18-14)11-16(21-17)23-22-12-4-6-13(7-5-12)28(25,26)27/h1-8,11,22,24H,9-10H2,(H,25,26,27)(H2,19,20,21,23). The highest BCUT2D eigenvalue weighted by Gasteiger charge is 2.10. The van der Waals surface area contributed by atoms with Crippen LogP contribution in [0.4, 0.5) is 17.5 Å². The molecule has 0 amide bonds. The maximum atomic E-state index is 11.1. The quantitative estimate of drug-likeness (QED) is 0.278. The predicted octanol–water partition coefficient (Wildman–Crippen LogP) is 1.63. The lowest BCUT2D eigenvalue weighted by Gasteiger charge is -2.12. The number of hydrogen-bond donors (Lipinski definition) is 5. The number of nitrogens with zero attached hydrogens (tertiary/aromatic N) is 3. The van der Waals surface area contributed by atoms with E-state index < -0.39 is 10.1 Å². The summed E-state index contributed by atoms with van der Waals surface area (Å²) in [7, 11) is -4.24. The second-order valence-electron chi connectivity index (χ2n) is 5.58. The second-order valence-corrected chi connectivity index (χ2v) is 7.00. The van der Waals surface area contributed by atoms with Gasteiger partial charge in [-0.3, -0.25) is 20.4 Å². The van der Waals surface area contributed by atoms with Gasteiger partial charge in [0.1, 0.15) is 0 Å². The topological polar surface area (TPSA) is 149 Å². The van der Waals surface area contributed by atoms with Crippen molar-refractivity contribution in [1.82, 2.24) is 15.0 Å². The third-order valence-corrected chi connectivity index (χ3v) is 4.40. The van der Waals surface area contributed by atoms with Gasteiger partial charge in [-0.15, -0.1) is 0 Å². The molecule has 0 spiro atoms. The molecule has 2 aromatic heterocycles. The largest absolute Gasteiger partial charge is 0.395 e. The van der Waals surface area contributed by atoms with Gasteiger partial charge in [0.15, 0.2) is 5.82 Å². The third-order valence-electron chi connectivity index (χ3n) is 3.54. The maximum Gasteiger partial charge on any atom is 0.294 e. The molecule has 0 aliphatic heterocycles. The highest BCUT2D eigenvalue weighted by atomic mass is 32.2. The first kappa shape index (κ1) is 19.5. The molecule has 1 aromatic carbocycles. The Bertz CT molecular complexity index is 1030. The summed E-state index contributed by atoms with van der Waals surface area (Å²) >= 11 is 0. The van der Waals surface area contributed by atoms with E-state index in [2.05, 4.69) is 31.1 Å². The third kappa shape index (κ3) is 5.13. The average molecular weight is 402 g/mol. The summed E-state index contributed by atoms with van der Waals surface area (Å²) in [5.41, 5.74) is 7.56. The van der Waals surface area contributed by atoms with Crippen LogP contribution in [0, 0.1) is 0 Å². The molecule has 0 aliphatic carbocycles. The highest BCUT2D eigenvalue weighted by molar-refractivity contribution is 7.85. The summed E-state index contributed by atoms with van der Waals surface area (Å²) in [6.07, 6.45) is 1.65. The number of nitrogens with one attached hydrogen (secondary N) is 3. The van der Waals surface area contributed by atoms with Crippen molar-refractivity contribution in [3.05, 3.63) is 54.7 Å². The summed E-state index contributed by atoms with van der Waals surface area (Å²) < 4.78 is 31.2. The van der Waals surface area contributed by atoms with Crippen LogP contribution in [-0.2, 0) is 10.1 Å². The predicted molar refractivity (Wildman–Crippen MR) is 104 cm³/mol. The van der Waals surface area contributed by atoms with Crippen LogP contribution >= 0.6 is 0 Å². The van der Waals surface area contributed by atoms with Gasteiger partial charge in [-0.1, -0.05) is 6.07 Å². The first-order chi connectivity index (χ1) is 13.5. The van der Waals surface area contributed by atoms with Gasteiger partial charge >= 0.3 is 0 Å². The van der Waals surface area contributed by atoms with Gasteiger partial charge < -0.3 is 10.4 Å². The zero-order chi connectivity index (χ0) is 20.0. The summed E-state index contributed by atoms with van der Waals surface area (Å²) in [6, 6.07) is 12.7. The minimum Gasteiger partial charge on any atom is -0.395 e. The monoisotopic (exact) mass is 402 g/mol. The molecule has 0 saturated heterocycles. The lowest BCUT2D eigenvalue weighted by atomic mass is 10.2. The molecule has 3 aromatic rings. The Hall–Kier alpha value is -3.28. The number of benzene rings is 1. The molecule has 11 heteroatoms. The minimum absolute atomic E-state index is 0.0711. The smallest absolute Gasteiger partial charge is 0.294 e. The molecular formula is C17H18N6O4S. The molecule has 3 rings (SSSR count). The molecule has 0 atom stereocenters. The lowest BCUT2D eigenvalue weighted by molar-refractivity contribution is 0.311. The summed E-state index contributed by atoms with van der Waals surface area (Å²) in [4.78, 5) is 12.7. The molecule has 146 valence electrons. The maximum absolute atomic E-state index is 11.1. The van der Waals surface area contributed by atoms with Crippen molar-refractivity contribution in [2.75, 3.05) is 29.3 Å². The van der Waals surface area contributed by atoms with E-state index in [4.69, 9.17) is 9.66 Å². The van der Waals surface area contributed by atoms with Crippen molar-refractivity contribution in [3.8, 4) is 11.4 Å². The number of anilines is 3. The number of pyridine rings is 1. The van der Waals surface area contributed by atoms with Crippen molar-refractivity contribution >= 4 is 27.6 Å². The Morgan fingerprint density at radius 1 is 0.964 bits per heavy atom. The Morgan fingerprint density at radius 3 is 2.39 bits per heavy atom. The fourth-order valence-electron chi connectivity index (χ4n) is 2.25. The number of aliphatic hydroxyl groups is 1. The van der Waals surface area contributed by atoms with E-state index in [1.54, 1.807) is 18.3 Å². The van der Waals surface area contributed by atoms with Crippen molar-refractivity contribution in [3.63, 3.8) is 0 Å². The molecule has 10 nitrogen and oxygen atoms in total. The normalized spacial score (nSPS) is 11.1. The molecule has 0 aliphatic rings. The molecule has 0 bridgehead atoms. The molecule has 5 N–H and O–H groups in total. The van der Waals surface area contributed by atoms with Gasteiger partial charge in [0.05, 0.1) is 28.6 Å². The molecule has 0 saturated carbocycles. The van der Waals surface area contributed by atoms with Gasteiger partial charge in [0.2, 0.25) is 5.95 Å². The summed E-state index contributed by atoms with van der Waals surface area (Å²) in [5.74, 6) is 0.734. The summed E-state index contributed by atoms with van der Waals surface area (Å²) in [5, 5.41) is 11.9. The fourth-order valence-corrected chi connectivity index (χ4v) is 2.73. The SMILES string of the molecule is O=S(=O)(O)c1ccc(NNc2cc(-c3ccccn3)nc(NCCO)n2)cc1. The van der Waals surface area contributed by atoms with Crippen LogP contribution in [0.15, 0.2) is 59.6 Å². The zero-order valence-electron chi connectivity index (χ0n) is 14.6. The molecule has 0 radical (unpaired) electrons. The van der Waals surface area contributed by atoms with E-state index in [1.807, 2.05) is 12.1 Å². The highest BCUT2D eigenvalue weighted by Crippen LogP contribution is 2.20. The Balaban J connectivity index is 1.80. The number of aliphatic hydroxyl groups excluding tert-OH is 1. The van der Waals surface area contributed by atoms with Crippen LogP contribution in [-0.4, -0.2) is 46.2 Å². The molecule has 0 unspecified atom stereocenters. The van der Waals surface area contributed by atoms with Gasteiger partial charge in [-0.2, -0.15) is 13.4 Å². The van der Waals surface area contributed by atoms with Crippen LogP contribution in [0.5, 0.6) is 0 Å². The van der Waals surface area contributed by atoms with Gasteiger partial charge in [0, 0.05) is 18.8 Å². The second kappa shape index (κ2) is 8.61. The van der Waals surface area contributed by atoms with Crippen LogP contribution in [0.2, 0.25) is 0 Å². The minimum atomic E-state index is -4.24. The van der Waals surface area contributed by atoms with Gasteiger partial charge in [0.25, 0.3) is 10.1 Å². The van der Waals surface area contributed by atoms with Gasteiger partial charge in [-0.25, -0.2) is 4.98 Å². The van der Waals surface area contributed by atoms with Crippen LogP contribution < -0.4 is 16.2 Å². The molecule has 0 fully saturated rings. The van der Waals surface area contributed by atoms with Crippen LogP contribution in [0.1, 0.15) is 0 Å². The van der Waals surface area contributed by atoms with Crippen LogP contribution in [0.3, 0.4) is 0 Å². The van der Waals surface area contributed by atoms with Crippen LogP contribution in [0.25, 0.3) is 11.4 Å². The zero-order valence-corrected chi connectivity index (χ0v) is 15.4. The Labute approximate surface area is 161 Å². The van der Waals surface area contributed by atoms with Crippen molar-refractivity contribution in [2.24, 2.45) is 0 Å². The average Bonchev–Trinajstić information content (AvgIpc) is 2.71. The van der Waals surface area contributed by atoms with E-state index >= 15 is 0 Å². The van der Waals surface area contributed by atoms with E-state index in [0.29, 0.717) is 28.8 Å².